The van der Waals surface area contributed by atoms with Crippen molar-refractivity contribution in [3.05, 3.63) is 102 Å². The standard InChI is InChI=1S/C28H19F4N3O3/c29-17-8-10-19(11-9-17)35-26(37)21-22(27(35)38)24(34-13-12-15-4-1-2-7-20(15)23(21)34)25(36)33-18-6-3-5-16(14-18)28(30,31)32/h1-14,21-24H,(H,33,36)/t21-,22-,23-,24+/m1/s1. The van der Waals surface area contributed by atoms with Crippen LogP contribution >= 0.6 is 0 Å². The molecule has 3 aliphatic heterocycles. The number of hydrogen-bond donors (Lipinski definition) is 1. The van der Waals surface area contributed by atoms with E-state index in [-0.39, 0.29) is 11.4 Å². The maximum absolute atomic E-state index is 13.7. The molecular weight excluding hydrogens is 502 g/mol. The topological polar surface area (TPSA) is 69.7 Å². The average Bonchev–Trinajstić information content (AvgIpc) is 3.37. The SMILES string of the molecule is O=C(Nc1cccc(C(F)(F)F)c1)[C@@H]1[C@@H]2C(=O)N(c3ccc(F)cc3)C(=O)[C@H]2[C@H]2c3ccccc3C=CN12. The molecule has 192 valence electrons. The van der Waals surface area contributed by atoms with Crippen LogP contribution in [0.3, 0.4) is 0 Å². The number of halogens is 4. The molecule has 0 aromatic heterocycles. The van der Waals surface area contributed by atoms with Gasteiger partial charge in [-0.3, -0.25) is 14.4 Å². The predicted octanol–water partition coefficient (Wildman–Crippen LogP) is 5.00. The number of hydrogen-bond acceptors (Lipinski definition) is 4. The molecule has 1 N–H and O–H groups in total. The van der Waals surface area contributed by atoms with Gasteiger partial charge in [0.05, 0.1) is 29.1 Å². The monoisotopic (exact) mass is 521 g/mol. The first-order chi connectivity index (χ1) is 18.1. The number of alkyl halides is 3. The van der Waals surface area contributed by atoms with Gasteiger partial charge in [-0.05, 0) is 59.7 Å². The second kappa shape index (κ2) is 8.54. The minimum absolute atomic E-state index is 0.0848. The van der Waals surface area contributed by atoms with Crippen molar-refractivity contribution in [1.82, 2.24) is 4.90 Å². The summed E-state index contributed by atoms with van der Waals surface area (Å²) in [7, 11) is 0. The summed E-state index contributed by atoms with van der Waals surface area (Å²) < 4.78 is 53.2. The summed E-state index contributed by atoms with van der Waals surface area (Å²) >= 11 is 0. The van der Waals surface area contributed by atoms with Crippen LogP contribution in [0.15, 0.2) is 79.0 Å². The molecule has 0 aliphatic carbocycles. The van der Waals surface area contributed by atoms with Gasteiger partial charge in [0.1, 0.15) is 11.9 Å². The number of anilines is 2. The van der Waals surface area contributed by atoms with E-state index >= 15 is 0 Å². The number of rotatable bonds is 3. The van der Waals surface area contributed by atoms with Crippen molar-refractivity contribution in [3.63, 3.8) is 0 Å². The van der Waals surface area contributed by atoms with Crippen molar-refractivity contribution in [2.24, 2.45) is 11.8 Å². The van der Waals surface area contributed by atoms with Crippen LogP contribution in [0.5, 0.6) is 0 Å². The van der Waals surface area contributed by atoms with E-state index in [9.17, 15) is 31.9 Å². The molecule has 3 amide bonds. The Bertz CT molecular complexity index is 1500. The largest absolute Gasteiger partial charge is 0.416 e. The van der Waals surface area contributed by atoms with E-state index in [0.717, 1.165) is 40.3 Å². The summed E-state index contributed by atoms with van der Waals surface area (Å²) in [6.07, 6.45) is -1.19. The summed E-state index contributed by atoms with van der Waals surface area (Å²) in [5.74, 6) is -4.45. The molecule has 0 unspecified atom stereocenters. The lowest BCUT2D eigenvalue weighted by Gasteiger charge is -2.35. The molecule has 0 saturated carbocycles. The Morgan fingerprint density at radius 2 is 1.58 bits per heavy atom. The zero-order valence-electron chi connectivity index (χ0n) is 19.5. The molecule has 0 radical (unpaired) electrons. The Morgan fingerprint density at radius 3 is 2.32 bits per heavy atom. The third kappa shape index (κ3) is 3.67. The molecule has 3 heterocycles. The first-order valence-electron chi connectivity index (χ1n) is 11.8. The van der Waals surface area contributed by atoms with Crippen molar-refractivity contribution >= 4 is 35.2 Å². The summed E-state index contributed by atoms with van der Waals surface area (Å²) in [5.41, 5.74) is 0.740. The van der Waals surface area contributed by atoms with Crippen LogP contribution in [0.1, 0.15) is 22.7 Å². The quantitative estimate of drug-likeness (QED) is 0.389. The van der Waals surface area contributed by atoms with Crippen molar-refractivity contribution in [2.75, 3.05) is 10.2 Å². The fourth-order valence-electron chi connectivity index (χ4n) is 5.69. The van der Waals surface area contributed by atoms with Gasteiger partial charge in [-0.2, -0.15) is 13.2 Å². The highest BCUT2D eigenvalue weighted by atomic mass is 19.4. The number of carbonyl (C=O) groups is 3. The van der Waals surface area contributed by atoms with E-state index in [1.807, 2.05) is 18.2 Å². The van der Waals surface area contributed by atoms with E-state index < -0.39 is 59.2 Å². The number of imide groups is 1. The Labute approximate surface area is 214 Å². The van der Waals surface area contributed by atoms with Gasteiger partial charge in [0, 0.05) is 11.9 Å². The Balaban J connectivity index is 1.41. The van der Waals surface area contributed by atoms with Gasteiger partial charge >= 0.3 is 6.18 Å². The van der Waals surface area contributed by atoms with Gasteiger partial charge in [0.25, 0.3) is 0 Å². The number of nitrogens with zero attached hydrogens (tertiary/aromatic N) is 2. The number of nitrogens with one attached hydrogen (secondary N) is 1. The second-order valence-corrected chi connectivity index (χ2v) is 9.39. The predicted molar refractivity (Wildman–Crippen MR) is 130 cm³/mol. The smallest absolute Gasteiger partial charge is 0.357 e. The van der Waals surface area contributed by atoms with Gasteiger partial charge in [0.2, 0.25) is 17.7 Å². The molecule has 3 aliphatic rings. The fraction of sp³-hybridized carbons (Fsp3) is 0.179. The van der Waals surface area contributed by atoms with E-state index in [1.165, 1.54) is 24.3 Å². The normalized spacial score (nSPS) is 23.8. The lowest BCUT2D eigenvalue weighted by Crippen LogP contribution is -2.46. The minimum Gasteiger partial charge on any atom is -0.357 e. The van der Waals surface area contributed by atoms with Gasteiger partial charge in [-0.1, -0.05) is 30.3 Å². The Kier molecular flexibility index (Phi) is 5.37. The zero-order valence-corrected chi connectivity index (χ0v) is 19.5. The summed E-state index contributed by atoms with van der Waals surface area (Å²) in [5, 5.41) is 2.52. The maximum Gasteiger partial charge on any atom is 0.416 e. The van der Waals surface area contributed by atoms with Crippen molar-refractivity contribution in [2.45, 2.75) is 18.3 Å². The van der Waals surface area contributed by atoms with E-state index in [4.69, 9.17) is 0 Å². The molecule has 0 spiro atoms. The van der Waals surface area contributed by atoms with Crippen molar-refractivity contribution in [1.29, 1.82) is 0 Å². The van der Waals surface area contributed by atoms with Crippen molar-refractivity contribution < 1.29 is 31.9 Å². The molecule has 38 heavy (non-hydrogen) atoms. The molecule has 2 fully saturated rings. The first-order valence-corrected chi connectivity index (χ1v) is 11.8. The third-order valence-electron chi connectivity index (χ3n) is 7.27. The molecule has 3 aromatic carbocycles. The lowest BCUT2D eigenvalue weighted by atomic mass is 9.84. The third-order valence-corrected chi connectivity index (χ3v) is 7.27. The molecule has 4 atom stereocenters. The molecular formula is C28H19F4N3O3. The van der Waals surface area contributed by atoms with E-state index in [1.54, 1.807) is 23.2 Å². The maximum atomic E-state index is 13.7. The van der Waals surface area contributed by atoms with Crippen LogP contribution in [0, 0.1) is 17.7 Å². The summed E-state index contributed by atoms with van der Waals surface area (Å²) in [6.45, 7) is 0. The molecule has 10 heteroatoms. The number of benzene rings is 3. The first kappa shape index (κ1) is 23.9. The van der Waals surface area contributed by atoms with Crippen LogP contribution in [-0.4, -0.2) is 28.7 Å². The Morgan fingerprint density at radius 1 is 0.868 bits per heavy atom. The highest BCUT2D eigenvalue weighted by Crippen LogP contribution is 2.53. The van der Waals surface area contributed by atoms with E-state index in [0.29, 0.717) is 0 Å². The van der Waals surface area contributed by atoms with Crippen LogP contribution in [0.25, 0.3) is 6.08 Å². The van der Waals surface area contributed by atoms with E-state index in [2.05, 4.69) is 5.32 Å². The average molecular weight is 521 g/mol. The Hall–Kier alpha value is -4.47. The van der Waals surface area contributed by atoms with Crippen LogP contribution in [0.4, 0.5) is 28.9 Å². The minimum atomic E-state index is -4.60. The zero-order chi connectivity index (χ0) is 26.8. The number of fused-ring (bicyclic) bond motifs is 5. The highest BCUT2D eigenvalue weighted by molar-refractivity contribution is 6.24. The lowest BCUT2D eigenvalue weighted by molar-refractivity contribution is -0.137. The van der Waals surface area contributed by atoms with Gasteiger partial charge in [0.15, 0.2) is 0 Å². The van der Waals surface area contributed by atoms with Gasteiger partial charge < -0.3 is 10.2 Å². The molecule has 6 rings (SSSR count). The molecule has 3 aromatic rings. The summed E-state index contributed by atoms with van der Waals surface area (Å²) in [6, 6.07) is 14.6. The summed E-state index contributed by atoms with van der Waals surface area (Å²) in [4.78, 5) is 43.7. The number of amides is 3. The fourth-order valence-corrected chi connectivity index (χ4v) is 5.69. The van der Waals surface area contributed by atoms with Gasteiger partial charge in [-0.25, -0.2) is 9.29 Å². The second-order valence-electron chi connectivity index (χ2n) is 9.39. The number of carbonyl (C=O) groups excluding carboxylic acids is 3. The van der Waals surface area contributed by atoms with Crippen molar-refractivity contribution in [3.8, 4) is 0 Å². The van der Waals surface area contributed by atoms with Crippen LogP contribution in [-0.2, 0) is 20.6 Å². The van der Waals surface area contributed by atoms with Gasteiger partial charge in [-0.15, -0.1) is 0 Å². The molecule has 2 saturated heterocycles. The highest BCUT2D eigenvalue weighted by Gasteiger charge is 2.64. The molecule has 6 nitrogen and oxygen atoms in total. The molecule has 0 bridgehead atoms. The van der Waals surface area contributed by atoms with Crippen LogP contribution < -0.4 is 10.2 Å². The van der Waals surface area contributed by atoms with Crippen LogP contribution in [0.2, 0.25) is 0 Å².